The van der Waals surface area contributed by atoms with Crippen molar-refractivity contribution in [3.8, 4) is 6.07 Å². The molecule has 3 nitrogen and oxygen atoms in total. The van der Waals surface area contributed by atoms with Crippen LogP contribution in [0, 0.1) is 11.3 Å². The minimum Gasteiger partial charge on any atom is -0.340 e. The lowest BCUT2D eigenvalue weighted by molar-refractivity contribution is 0.0973. The molecule has 0 atom stereocenters. The summed E-state index contributed by atoms with van der Waals surface area (Å²) >= 11 is 3.37. The van der Waals surface area contributed by atoms with Gasteiger partial charge in [-0.3, -0.25) is 4.79 Å². The predicted molar refractivity (Wildman–Crippen MR) is 85.1 cm³/mol. The van der Waals surface area contributed by atoms with Gasteiger partial charge in [0.15, 0.2) is 5.78 Å². The van der Waals surface area contributed by atoms with Gasteiger partial charge >= 0.3 is 0 Å². The first-order valence-corrected chi connectivity index (χ1v) is 7.24. The molecule has 4 heteroatoms. The van der Waals surface area contributed by atoms with E-state index in [0.29, 0.717) is 11.1 Å². The monoisotopic (exact) mass is 338 g/mol. The third kappa shape index (κ3) is 2.74. The van der Waals surface area contributed by atoms with Crippen molar-refractivity contribution in [2.75, 3.05) is 0 Å². The highest BCUT2D eigenvalue weighted by molar-refractivity contribution is 9.10. The van der Waals surface area contributed by atoms with Gasteiger partial charge in [-0.25, -0.2) is 0 Å². The van der Waals surface area contributed by atoms with E-state index in [1.165, 1.54) is 0 Å². The zero-order valence-corrected chi connectivity index (χ0v) is 12.7. The molecule has 0 fully saturated rings. The van der Waals surface area contributed by atoms with Crippen LogP contribution in [0.5, 0.6) is 0 Å². The van der Waals surface area contributed by atoms with Crippen molar-refractivity contribution in [3.05, 3.63) is 70.3 Å². The van der Waals surface area contributed by atoms with Crippen molar-refractivity contribution in [2.24, 2.45) is 0 Å². The van der Waals surface area contributed by atoms with Crippen LogP contribution < -0.4 is 0 Å². The number of benzene rings is 2. The van der Waals surface area contributed by atoms with E-state index in [0.717, 1.165) is 15.4 Å². The Morgan fingerprint density at radius 2 is 2.05 bits per heavy atom. The molecule has 0 unspecified atom stereocenters. The van der Waals surface area contributed by atoms with Crippen molar-refractivity contribution in [1.29, 1.82) is 5.26 Å². The molecule has 0 spiro atoms. The van der Waals surface area contributed by atoms with Gasteiger partial charge in [-0.05, 0) is 36.4 Å². The highest BCUT2D eigenvalue weighted by atomic mass is 79.9. The summed E-state index contributed by atoms with van der Waals surface area (Å²) < 4.78 is 2.80. The van der Waals surface area contributed by atoms with E-state index in [1.54, 1.807) is 6.07 Å². The second-order valence-corrected chi connectivity index (χ2v) is 5.68. The molecule has 0 saturated heterocycles. The number of carbonyl (C=O) groups is 1. The van der Waals surface area contributed by atoms with Crippen LogP contribution in [0.15, 0.2) is 59.2 Å². The minimum absolute atomic E-state index is 0.0539. The number of rotatable bonds is 3. The van der Waals surface area contributed by atoms with E-state index in [-0.39, 0.29) is 12.3 Å². The van der Waals surface area contributed by atoms with Crippen molar-refractivity contribution in [1.82, 2.24) is 4.57 Å². The van der Waals surface area contributed by atoms with E-state index < -0.39 is 0 Å². The Balaban J connectivity index is 1.92. The Morgan fingerprint density at radius 1 is 1.19 bits per heavy atom. The first-order valence-electron chi connectivity index (χ1n) is 6.45. The molecule has 0 radical (unpaired) electrons. The molecule has 0 aliphatic rings. The minimum atomic E-state index is 0.0539. The molecule has 102 valence electrons. The molecule has 0 bridgehead atoms. The fourth-order valence-electron chi connectivity index (χ4n) is 2.32. The summed E-state index contributed by atoms with van der Waals surface area (Å²) in [6.45, 7) is 0.284. The van der Waals surface area contributed by atoms with Crippen molar-refractivity contribution >= 4 is 32.6 Å². The first kappa shape index (κ1) is 13.6. The number of aromatic nitrogens is 1. The highest BCUT2D eigenvalue weighted by Gasteiger charge is 2.09. The van der Waals surface area contributed by atoms with Crippen molar-refractivity contribution in [2.45, 2.75) is 6.54 Å². The number of halogens is 1. The van der Waals surface area contributed by atoms with Crippen LogP contribution in [0.2, 0.25) is 0 Å². The predicted octanol–water partition coefficient (Wildman–Crippen LogP) is 4.16. The smallest absolute Gasteiger partial charge is 0.182 e. The van der Waals surface area contributed by atoms with Crippen LogP contribution in [0.3, 0.4) is 0 Å². The fourth-order valence-corrected chi connectivity index (χ4v) is 2.71. The van der Waals surface area contributed by atoms with Crippen molar-refractivity contribution in [3.63, 3.8) is 0 Å². The maximum Gasteiger partial charge on any atom is 0.182 e. The van der Waals surface area contributed by atoms with E-state index >= 15 is 0 Å². The summed E-state index contributed by atoms with van der Waals surface area (Å²) in [4.78, 5) is 12.3. The van der Waals surface area contributed by atoms with Crippen LogP contribution in [-0.2, 0) is 6.54 Å². The fraction of sp³-hybridized carbons (Fsp3) is 0.0588. The topological polar surface area (TPSA) is 45.8 Å². The number of nitrogens with zero attached hydrogens (tertiary/aromatic N) is 2. The standard InChI is InChI=1S/C17H11BrN2O/c18-15-3-1-2-14(9-15)17(21)11-20-7-6-13-8-12(10-19)4-5-16(13)20/h1-9H,11H2. The average Bonchev–Trinajstić information content (AvgIpc) is 2.89. The lowest BCUT2D eigenvalue weighted by atomic mass is 10.1. The van der Waals surface area contributed by atoms with E-state index in [9.17, 15) is 4.79 Å². The first-order chi connectivity index (χ1) is 10.2. The van der Waals surface area contributed by atoms with E-state index in [2.05, 4.69) is 22.0 Å². The van der Waals surface area contributed by atoms with Gasteiger partial charge in [0.2, 0.25) is 0 Å². The molecule has 3 aromatic rings. The summed E-state index contributed by atoms with van der Waals surface area (Å²) in [5, 5.41) is 9.88. The molecule has 1 aromatic heterocycles. The number of fused-ring (bicyclic) bond motifs is 1. The maximum absolute atomic E-state index is 12.3. The molecule has 21 heavy (non-hydrogen) atoms. The Hall–Kier alpha value is -2.38. The van der Waals surface area contributed by atoms with Gasteiger partial charge in [-0.15, -0.1) is 0 Å². The summed E-state index contributed by atoms with van der Waals surface area (Å²) in [6.07, 6.45) is 1.88. The van der Waals surface area contributed by atoms with Gasteiger partial charge in [0.05, 0.1) is 18.2 Å². The number of nitriles is 1. The molecule has 0 amide bonds. The lowest BCUT2D eigenvalue weighted by Crippen LogP contribution is -2.09. The number of carbonyl (C=O) groups excluding carboxylic acids is 1. The van der Waals surface area contributed by atoms with Gasteiger partial charge in [0, 0.05) is 27.1 Å². The van der Waals surface area contributed by atoms with Gasteiger partial charge in [0.1, 0.15) is 0 Å². The van der Waals surface area contributed by atoms with Gasteiger partial charge < -0.3 is 4.57 Å². The quantitative estimate of drug-likeness (QED) is 0.673. The zero-order valence-electron chi connectivity index (χ0n) is 11.1. The second-order valence-electron chi connectivity index (χ2n) is 4.76. The lowest BCUT2D eigenvalue weighted by Gasteiger charge is -2.05. The largest absolute Gasteiger partial charge is 0.340 e. The average molecular weight is 339 g/mol. The van der Waals surface area contributed by atoms with E-state index in [1.807, 2.05) is 53.2 Å². The summed E-state index contributed by atoms with van der Waals surface area (Å²) in [7, 11) is 0. The van der Waals surface area contributed by atoms with Crippen LogP contribution in [0.25, 0.3) is 10.9 Å². The normalized spacial score (nSPS) is 10.5. The van der Waals surface area contributed by atoms with Crippen molar-refractivity contribution < 1.29 is 4.79 Å². The third-order valence-electron chi connectivity index (χ3n) is 3.36. The summed E-state index contributed by atoms with van der Waals surface area (Å²) in [6, 6.07) is 16.9. The number of Topliss-reactive ketones (excluding diaryl/α,β-unsaturated/α-hetero) is 1. The number of ketones is 1. The molecular formula is C17H11BrN2O. The molecule has 3 rings (SSSR count). The number of hydrogen-bond donors (Lipinski definition) is 0. The SMILES string of the molecule is N#Cc1ccc2c(ccn2CC(=O)c2cccc(Br)c2)c1. The van der Waals surface area contributed by atoms with Crippen LogP contribution in [0.1, 0.15) is 15.9 Å². The van der Waals surface area contributed by atoms with Gasteiger partial charge in [-0.2, -0.15) is 5.26 Å². The summed E-state index contributed by atoms with van der Waals surface area (Å²) in [5.41, 5.74) is 2.26. The molecule has 0 aliphatic carbocycles. The van der Waals surface area contributed by atoms with Gasteiger partial charge in [0.25, 0.3) is 0 Å². The van der Waals surface area contributed by atoms with E-state index in [4.69, 9.17) is 5.26 Å². The highest BCUT2D eigenvalue weighted by Crippen LogP contribution is 2.19. The third-order valence-corrected chi connectivity index (χ3v) is 3.85. The molecular weight excluding hydrogens is 328 g/mol. The Kier molecular flexibility index (Phi) is 3.59. The zero-order chi connectivity index (χ0) is 14.8. The molecule has 1 heterocycles. The number of hydrogen-bond acceptors (Lipinski definition) is 2. The molecule has 0 N–H and O–H groups in total. The molecule has 2 aromatic carbocycles. The second kappa shape index (κ2) is 5.55. The maximum atomic E-state index is 12.3. The van der Waals surface area contributed by atoms with Crippen LogP contribution >= 0.6 is 15.9 Å². The Bertz CT molecular complexity index is 874. The molecule has 0 aliphatic heterocycles. The van der Waals surface area contributed by atoms with Crippen LogP contribution in [-0.4, -0.2) is 10.4 Å². The summed E-state index contributed by atoms with van der Waals surface area (Å²) in [5.74, 6) is 0.0539. The Morgan fingerprint density at radius 3 is 2.81 bits per heavy atom. The molecule has 0 saturated carbocycles. The van der Waals surface area contributed by atoms with Gasteiger partial charge in [-0.1, -0.05) is 28.1 Å². The Labute approximate surface area is 130 Å². The van der Waals surface area contributed by atoms with Crippen LogP contribution in [0.4, 0.5) is 0 Å².